The van der Waals surface area contributed by atoms with Gasteiger partial charge in [-0.25, -0.2) is 9.78 Å². The molecule has 4 aromatic rings. The summed E-state index contributed by atoms with van der Waals surface area (Å²) in [4.78, 5) is 16.5. The fourth-order valence-corrected chi connectivity index (χ4v) is 3.15. The van der Waals surface area contributed by atoms with E-state index in [1.807, 2.05) is 70.3 Å². The number of carbonyl (C=O) groups excluding carboxylic acids is 1. The first-order valence-electron chi connectivity index (χ1n) is 9.66. The van der Waals surface area contributed by atoms with Gasteiger partial charge in [0.1, 0.15) is 5.65 Å². The fourth-order valence-electron chi connectivity index (χ4n) is 3.15. The van der Waals surface area contributed by atoms with Crippen LogP contribution in [0.15, 0.2) is 67.4 Å². The van der Waals surface area contributed by atoms with Gasteiger partial charge in [0.15, 0.2) is 0 Å². The number of nitrogens with one attached hydrogen (secondary N) is 2. The van der Waals surface area contributed by atoms with Gasteiger partial charge in [0, 0.05) is 49.1 Å². The summed E-state index contributed by atoms with van der Waals surface area (Å²) in [6, 6.07) is 11.4. The van der Waals surface area contributed by atoms with E-state index >= 15 is 0 Å². The number of nitrogens with zero attached hydrogens (tertiary/aromatic N) is 4. The molecule has 0 saturated carbocycles. The number of benzene rings is 1. The Labute approximate surface area is 169 Å². The number of anilines is 1. The smallest absolute Gasteiger partial charge is 0.319 e. The monoisotopic (exact) mass is 388 g/mol. The second kappa shape index (κ2) is 8.18. The molecule has 1 aromatic carbocycles. The van der Waals surface area contributed by atoms with Crippen LogP contribution < -0.4 is 10.6 Å². The van der Waals surface area contributed by atoms with Gasteiger partial charge >= 0.3 is 6.03 Å². The van der Waals surface area contributed by atoms with Crippen LogP contribution in [0.5, 0.6) is 0 Å². The van der Waals surface area contributed by atoms with Crippen LogP contribution >= 0.6 is 0 Å². The van der Waals surface area contributed by atoms with Gasteiger partial charge in [0.05, 0.1) is 6.20 Å². The van der Waals surface area contributed by atoms with Gasteiger partial charge in [0.2, 0.25) is 0 Å². The van der Waals surface area contributed by atoms with E-state index in [0.29, 0.717) is 12.5 Å². The molecule has 3 heterocycles. The molecule has 0 bridgehead atoms. The summed E-state index contributed by atoms with van der Waals surface area (Å²) >= 11 is 0. The van der Waals surface area contributed by atoms with Crippen LogP contribution in [0.2, 0.25) is 0 Å². The molecule has 7 heteroatoms. The number of fused-ring (bicyclic) bond motifs is 1. The van der Waals surface area contributed by atoms with Crippen molar-refractivity contribution in [1.82, 2.24) is 24.5 Å². The molecule has 0 fully saturated rings. The van der Waals surface area contributed by atoms with Gasteiger partial charge in [-0.2, -0.15) is 5.10 Å². The molecule has 0 aliphatic carbocycles. The lowest BCUT2D eigenvalue weighted by molar-refractivity contribution is 0.251. The normalized spacial score (nSPS) is 11.1. The number of urea groups is 1. The zero-order valence-corrected chi connectivity index (χ0v) is 16.5. The first kappa shape index (κ1) is 18.7. The number of amides is 2. The van der Waals surface area contributed by atoms with Crippen LogP contribution in [0, 0.1) is 5.92 Å². The van der Waals surface area contributed by atoms with Crippen LogP contribution in [-0.2, 0) is 13.1 Å². The lowest BCUT2D eigenvalue weighted by atomic mass is 10.1. The molecular weight excluding hydrogens is 364 g/mol. The summed E-state index contributed by atoms with van der Waals surface area (Å²) in [5.74, 6) is 0.550. The van der Waals surface area contributed by atoms with Crippen LogP contribution in [0.25, 0.3) is 16.8 Å². The Kier molecular flexibility index (Phi) is 5.29. The molecule has 0 saturated heterocycles. The van der Waals surface area contributed by atoms with Gasteiger partial charge < -0.3 is 15.0 Å². The Balaban J connectivity index is 1.33. The highest BCUT2D eigenvalue weighted by Gasteiger charge is 2.06. The predicted octanol–water partition coefficient (Wildman–Crippen LogP) is 4.18. The summed E-state index contributed by atoms with van der Waals surface area (Å²) in [6.07, 6.45) is 9.48. The molecule has 3 aromatic heterocycles. The summed E-state index contributed by atoms with van der Waals surface area (Å²) in [5, 5.41) is 10.1. The van der Waals surface area contributed by atoms with Gasteiger partial charge in [-0.3, -0.25) is 4.68 Å². The molecule has 4 rings (SSSR count). The van der Waals surface area contributed by atoms with E-state index in [2.05, 4.69) is 34.6 Å². The third-order valence-electron chi connectivity index (χ3n) is 4.58. The largest absolute Gasteiger partial charge is 0.334 e. The van der Waals surface area contributed by atoms with Crippen LogP contribution in [0.3, 0.4) is 0 Å². The molecule has 148 valence electrons. The topological polar surface area (TPSA) is 76.2 Å². The summed E-state index contributed by atoms with van der Waals surface area (Å²) in [6.45, 7) is 5.67. The first-order valence-corrected chi connectivity index (χ1v) is 9.66. The number of rotatable bonds is 6. The van der Waals surface area contributed by atoms with Gasteiger partial charge in [0.25, 0.3) is 0 Å². The highest BCUT2D eigenvalue weighted by molar-refractivity contribution is 5.89. The maximum absolute atomic E-state index is 12.2. The quantitative estimate of drug-likeness (QED) is 0.520. The summed E-state index contributed by atoms with van der Waals surface area (Å²) in [7, 11) is 0. The third-order valence-corrected chi connectivity index (χ3v) is 4.58. The number of imidazole rings is 1. The Morgan fingerprint density at radius 1 is 1.10 bits per heavy atom. The van der Waals surface area contributed by atoms with Gasteiger partial charge in [-0.1, -0.05) is 26.0 Å². The average molecular weight is 388 g/mol. The molecular formula is C22H24N6O. The highest BCUT2D eigenvalue weighted by atomic mass is 16.2. The molecule has 7 nitrogen and oxygen atoms in total. The van der Waals surface area contributed by atoms with E-state index in [0.717, 1.165) is 34.6 Å². The van der Waals surface area contributed by atoms with Crippen LogP contribution in [-0.4, -0.2) is 25.2 Å². The second-order valence-corrected chi connectivity index (χ2v) is 7.46. The standard InChI is InChI=1S/C22H24N6O/c1-16(2)14-28-15-19(13-25-28)18-3-5-20(6-4-18)26-22(29)24-12-17-7-9-27-10-8-23-21(27)11-17/h3-11,13,15-16H,12,14H2,1-2H3,(H2,24,26,29). The average Bonchev–Trinajstić information content (AvgIpc) is 3.35. The maximum atomic E-state index is 12.2. The van der Waals surface area contributed by atoms with Gasteiger partial charge in [-0.15, -0.1) is 0 Å². The molecule has 0 atom stereocenters. The maximum Gasteiger partial charge on any atom is 0.319 e. The Hall–Kier alpha value is -3.61. The number of aromatic nitrogens is 4. The van der Waals surface area contributed by atoms with Gasteiger partial charge in [-0.05, 0) is 41.3 Å². The molecule has 0 radical (unpaired) electrons. The Morgan fingerprint density at radius 2 is 1.93 bits per heavy atom. The molecule has 0 spiro atoms. The van der Waals surface area contributed by atoms with Crippen molar-refractivity contribution in [2.24, 2.45) is 5.92 Å². The molecule has 0 aliphatic heterocycles. The SMILES string of the molecule is CC(C)Cn1cc(-c2ccc(NC(=O)NCc3ccn4ccnc4c3)cc2)cn1. The van der Waals surface area contributed by atoms with E-state index in [4.69, 9.17) is 0 Å². The van der Waals surface area contributed by atoms with E-state index < -0.39 is 0 Å². The van der Waals surface area contributed by atoms with E-state index in [1.165, 1.54) is 0 Å². The lowest BCUT2D eigenvalue weighted by Crippen LogP contribution is -2.28. The van der Waals surface area contributed by atoms with Crippen LogP contribution in [0.1, 0.15) is 19.4 Å². The highest BCUT2D eigenvalue weighted by Crippen LogP contribution is 2.21. The fraction of sp³-hybridized carbons (Fsp3) is 0.227. The zero-order chi connectivity index (χ0) is 20.2. The van der Waals surface area contributed by atoms with Crippen molar-refractivity contribution in [3.05, 3.63) is 72.9 Å². The number of pyridine rings is 1. The molecule has 29 heavy (non-hydrogen) atoms. The van der Waals surface area contributed by atoms with E-state index in [-0.39, 0.29) is 6.03 Å². The molecule has 2 amide bonds. The van der Waals surface area contributed by atoms with Crippen molar-refractivity contribution >= 4 is 17.4 Å². The molecule has 2 N–H and O–H groups in total. The minimum Gasteiger partial charge on any atom is -0.334 e. The molecule has 0 aliphatic rings. The summed E-state index contributed by atoms with van der Waals surface area (Å²) < 4.78 is 3.89. The second-order valence-electron chi connectivity index (χ2n) is 7.46. The zero-order valence-electron chi connectivity index (χ0n) is 16.5. The van der Waals surface area contributed by atoms with Crippen molar-refractivity contribution in [2.45, 2.75) is 26.9 Å². The molecule has 0 unspecified atom stereocenters. The first-order chi connectivity index (χ1) is 14.1. The Bertz CT molecular complexity index is 1110. The summed E-state index contributed by atoms with van der Waals surface area (Å²) in [5.41, 5.74) is 4.73. The predicted molar refractivity (Wildman–Crippen MR) is 114 cm³/mol. The minimum absolute atomic E-state index is 0.245. The number of carbonyl (C=O) groups is 1. The van der Waals surface area contributed by atoms with Crippen molar-refractivity contribution in [3.63, 3.8) is 0 Å². The Morgan fingerprint density at radius 3 is 2.72 bits per heavy atom. The van der Waals surface area contributed by atoms with Crippen molar-refractivity contribution in [3.8, 4) is 11.1 Å². The van der Waals surface area contributed by atoms with Crippen molar-refractivity contribution < 1.29 is 4.79 Å². The van der Waals surface area contributed by atoms with E-state index in [9.17, 15) is 4.79 Å². The third kappa shape index (κ3) is 4.63. The number of hydrogen-bond acceptors (Lipinski definition) is 3. The lowest BCUT2D eigenvalue weighted by Gasteiger charge is -2.08. The van der Waals surface area contributed by atoms with Crippen molar-refractivity contribution in [1.29, 1.82) is 0 Å². The van der Waals surface area contributed by atoms with Crippen LogP contribution in [0.4, 0.5) is 10.5 Å². The van der Waals surface area contributed by atoms with Crippen molar-refractivity contribution in [2.75, 3.05) is 5.32 Å². The van der Waals surface area contributed by atoms with E-state index in [1.54, 1.807) is 6.20 Å². The minimum atomic E-state index is -0.245. The number of hydrogen-bond donors (Lipinski definition) is 2.